The van der Waals surface area contributed by atoms with Crippen molar-refractivity contribution in [3.8, 4) is 5.69 Å². The fraction of sp³-hybridized carbons (Fsp3) is 0.250. The largest absolute Gasteiger partial charge is 0.346 e. The standard InChI is InChI=1S/C24H25N5O2/c1-17-21(18(2)28(27-17)20-12-8-5-9-13-20)16-25-29-22(30)24(3,26-23(29)31)15-14-19-10-6-4-7-11-19/h4-13,16H,14-15H2,1-3H3,(H,26,31)/b25-16-/t24-/m0/s1. The Morgan fingerprint density at radius 1 is 1.03 bits per heavy atom. The van der Waals surface area contributed by atoms with E-state index in [0.29, 0.717) is 12.8 Å². The Balaban J connectivity index is 1.52. The lowest BCUT2D eigenvalue weighted by Crippen LogP contribution is -2.44. The van der Waals surface area contributed by atoms with Crippen LogP contribution in [-0.4, -0.2) is 38.5 Å². The highest BCUT2D eigenvalue weighted by molar-refractivity contribution is 6.07. The Labute approximate surface area is 181 Å². The maximum atomic E-state index is 13.0. The zero-order valence-corrected chi connectivity index (χ0v) is 17.9. The molecule has 1 aliphatic heterocycles. The molecule has 1 fully saturated rings. The maximum absolute atomic E-state index is 13.0. The monoisotopic (exact) mass is 415 g/mol. The average molecular weight is 415 g/mol. The zero-order chi connectivity index (χ0) is 22.0. The minimum Gasteiger partial charge on any atom is -0.322 e. The van der Waals surface area contributed by atoms with E-state index in [1.54, 1.807) is 6.92 Å². The van der Waals surface area contributed by atoms with Crippen LogP contribution in [-0.2, 0) is 11.2 Å². The fourth-order valence-electron chi connectivity index (χ4n) is 3.76. The molecule has 2 heterocycles. The number of hydrogen-bond acceptors (Lipinski definition) is 4. The number of aryl methyl sites for hydroxylation is 2. The van der Waals surface area contributed by atoms with Crippen molar-refractivity contribution in [3.63, 3.8) is 0 Å². The summed E-state index contributed by atoms with van der Waals surface area (Å²) in [4.78, 5) is 25.5. The second-order valence-corrected chi connectivity index (χ2v) is 7.94. The van der Waals surface area contributed by atoms with Crippen molar-refractivity contribution in [1.82, 2.24) is 20.1 Å². The minimum atomic E-state index is -0.984. The highest BCUT2D eigenvalue weighted by Gasteiger charge is 2.47. The maximum Gasteiger partial charge on any atom is 0.346 e. The number of carbonyl (C=O) groups excluding carboxylic acids is 2. The Hall–Kier alpha value is -3.74. The summed E-state index contributed by atoms with van der Waals surface area (Å²) < 4.78 is 1.83. The van der Waals surface area contributed by atoms with Crippen LogP contribution in [0.4, 0.5) is 4.79 Å². The van der Waals surface area contributed by atoms with Crippen LogP contribution in [0.5, 0.6) is 0 Å². The first-order valence-corrected chi connectivity index (χ1v) is 10.3. The molecule has 0 bridgehead atoms. The third-order valence-corrected chi connectivity index (χ3v) is 5.65. The van der Waals surface area contributed by atoms with Crippen molar-refractivity contribution in [2.75, 3.05) is 0 Å². The van der Waals surface area contributed by atoms with Crippen molar-refractivity contribution < 1.29 is 9.59 Å². The quantitative estimate of drug-likeness (QED) is 0.492. The van der Waals surface area contributed by atoms with Gasteiger partial charge in [-0.3, -0.25) is 4.79 Å². The second kappa shape index (κ2) is 8.18. The van der Waals surface area contributed by atoms with E-state index < -0.39 is 11.6 Å². The van der Waals surface area contributed by atoms with Crippen LogP contribution in [0.2, 0.25) is 0 Å². The first-order valence-electron chi connectivity index (χ1n) is 10.3. The number of carbonyl (C=O) groups is 2. The van der Waals surface area contributed by atoms with E-state index >= 15 is 0 Å². The van der Waals surface area contributed by atoms with Gasteiger partial charge in [0.2, 0.25) is 0 Å². The number of hydrogen-bond donors (Lipinski definition) is 1. The van der Waals surface area contributed by atoms with Gasteiger partial charge in [0.1, 0.15) is 5.54 Å². The van der Waals surface area contributed by atoms with E-state index in [4.69, 9.17) is 0 Å². The van der Waals surface area contributed by atoms with Gasteiger partial charge in [0.25, 0.3) is 5.91 Å². The van der Waals surface area contributed by atoms with Crippen LogP contribution in [0.1, 0.15) is 35.9 Å². The topological polar surface area (TPSA) is 79.6 Å². The summed E-state index contributed by atoms with van der Waals surface area (Å²) in [6.45, 7) is 5.56. The van der Waals surface area contributed by atoms with E-state index in [1.807, 2.05) is 79.2 Å². The number of benzene rings is 2. The smallest absolute Gasteiger partial charge is 0.322 e. The molecule has 1 saturated heterocycles. The van der Waals surface area contributed by atoms with Gasteiger partial charge < -0.3 is 5.32 Å². The number of nitrogens with one attached hydrogen (secondary N) is 1. The van der Waals surface area contributed by atoms with Crippen molar-refractivity contribution >= 4 is 18.2 Å². The Bertz CT molecular complexity index is 1140. The molecule has 3 aromatic rings. The number of para-hydroxylation sites is 1. The molecular weight excluding hydrogens is 390 g/mol. The van der Waals surface area contributed by atoms with E-state index in [2.05, 4.69) is 15.5 Å². The summed E-state index contributed by atoms with van der Waals surface area (Å²) in [5.74, 6) is -0.351. The van der Waals surface area contributed by atoms with E-state index in [9.17, 15) is 9.59 Å². The Morgan fingerprint density at radius 2 is 1.68 bits per heavy atom. The van der Waals surface area contributed by atoms with E-state index in [0.717, 1.165) is 33.2 Å². The highest BCUT2D eigenvalue weighted by Crippen LogP contribution is 2.24. The van der Waals surface area contributed by atoms with Gasteiger partial charge >= 0.3 is 6.03 Å². The van der Waals surface area contributed by atoms with E-state index in [-0.39, 0.29) is 5.91 Å². The molecule has 0 aliphatic carbocycles. The van der Waals surface area contributed by atoms with Crippen LogP contribution in [0.3, 0.4) is 0 Å². The van der Waals surface area contributed by atoms with Gasteiger partial charge in [0.05, 0.1) is 23.3 Å². The lowest BCUT2D eigenvalue weighted by atomic mass is 9.93. The van der Waals surface area contributed by atoms with Crippen LogP contribution >= 0.6 is 0 Å². The summed E-state index contributed by atoms with van der Waals surface area (Å²) in [6.07, 6.45) is 2.72. The number of rotatable bonds is 6. The fourth-order valence-corrected chi connectivity index (χ4v) is 3.76. The van der Waals surface area contributed by atoms with Gasteiger partial charge in [-0.05, 0) is 51.3 Å². The van der Waals surface area contributed by atoms with Crippen LogP contribution in [0, 0.1) is 13.8 Å². The summed E-state index contributed by atoms with van der Waals surface area (Å²) >= 11 is 0. The third-order valence-electron chi connectivity index (χ3n) is 5.65. The van der Waals surface area contributed by atoms with Crippen molar-refractivity contribution in [3.05, 3.63) is 83.2 Å². The molecule has 2 aromatic carbocycles. The van der Waals surface area contributed by atoms with Crippen molar-refractivity contribution in [2.24, 2.45) is 5.10 Å². The van der Waals surface area contributed by atoms with Crippen molar-refractivity contribution in [2.45, 2.75) is 39.2 Å². The molecule has 1 aromatic heterocycles. The number of urea groups is 1. The van der Waals surface area contributed by atoms with Gasteiger partial charge in [0.15, 0.2) is 0 Å². The lowest BCUT2D eigenvalue weighted by Gasteiger charge is -2.20. The molecule has 0 saturated carbocycles. The molecule has 1 aliphatic rings. The van der Waals surface area contributed by atoms with Gasteiger partial charge in [-0.2, -0.15) is 10.2 Å². The van der Waals surface area contributed by atoms with Crippen LogP contribution in [0.25, 0.3) is 5.69 Å². The molecule has 7 heteroatoms. The number of imide groups is 1. The molecule has 31 heavy (non-hydrogen) atoms. The zero-order valence-electron chi connectivity index (χ0n) is 17.9. The molecule has 4 rings (SSSR count). The predicted molar refractivity (Wildman–Crippen MR) is 119 cm³/mol. The number of amides is 3. The van der Waals surface area contributed by atoms with Gasteiger partial charge in [-0.15, -0.1) is 5.01 Å². The molecule has 0 radical (unpaired) electrons. The normalized spacial score (nSPS) is 18.7. The molecule has 7 nitrogen and oxygen atoms in total. The molecule has 1 atom stereocenters. The summed E-state index contributed by atoms with van der Waals surface area (Å²) in [5.41, 5.74) is 3.50. The minimum absolute atomic E-state index is 0.351. The lowest BCUT2D eigenvalue weighted by molar-refractivity contribution is -0.130. The van der Waals surface area contributed by atoms with Crippen molar-refractivity contribution in [1.29, 1.82) is 0 Å². The molecule has 0 spiro atoms. The van der Waals surface area contributed by atoms with Gasteiger partial charge in [-0.25, -0.2) is 9.48 Å². The summed E-state index contributed by atoms with van der Waals surface area (Å²) in [6, 6.07) is 19.2. The number of nitrogens with zero attached hydrogens (tertiary/aromatic N) is 4. The average Bonchev–Trinajstić information content (AvgIpc) is 3.18. The predicted octanol–water partition coefficient (Wildman–Crippen LogP) is 3.77. The SMILES string of the molecule is Cc1nn(-c2ccccc2)c(C)c1/C=N\N1C(=O)N[C@@](C)(CCc2ccccc2)C1=O. The second-order valence-electron chi connectivity index (χ2n) is 7.94. The Kier molecular flexibility index (Phi) is 5.42. The number of aromatic nitrogens is 2. The molecule has 3 amide bonds. The first-order chi connectivity index (χ1) is 14.9. The van der Waals surface area contributed by atoms with Gasteiger partial charge in [0, 0.05) is 5.56 Å². The number of hydrazone groups is 1. The summed E-state index contributed by atoms with van der Waals surface area (Å²) in [7, 11) is 0. The molecule has 158 valence electrons. The first kappa shape index (κ1) is 20.5. The third kappa shape index (κ3) is 3.99. The van der Waals surface area contributed by atoms with E-state index in [1.165, 1.54) is 6.21 Å². The molecule has 1 N–H and O–H groups in total. The Morgan fingerprint density at radius 3 is 2.35 bits per heavy atom. The molecule has 0 unspecified atom stereocenters. The molecular formula is C24H25N5O2. The highest BCUT2D eigenvalue weighted by atomic mass is 16.2. The van der Waals surface area contributed by atoms with Crippen LogP contribution < -0.4 is 5.32 Å². The summed E-state index contributed by atoms with van der Waals surface area (Å²) in [5, 5.41) is 12.5. The van der Waals surface area contributed by atoms with Crippen LogP contribution in [0.15, 0.2) is 65.8 Å². The van der Waals surface area contributed by atoms with Gasteiger partial charge in [-0.1, -0.05) is 48.5 Å².